The molecule has 0 bridgehead atoms. The molecule has 0 saturated carbocycles. The summed E-state index contributed by atoms with van der Waals surface area (Å²) in [6, 6.07) is 0. The minimum Gasteiger partial charge on any atom is -0.317 e. The number of allylic oxidation sites excluding steroid dienone is 4. The first-order valence-corrected chi connectivity index (χ1v) is 13.3. The van der Waals surface area contributed by atoms with Gasteiger partial charge >= 0.3 is 0 Å². The van der Waals surface area contributed by atoms with Crippen LogP contribution in [0.4, 0.5) is 0 Å². The van der Waals surface area contributed by atoms with Gasteiger partial charge in [0, 0.05) is 27.5 Å². The summed E-state index contributed by atoms with van der Waals surface area (Å²) in [6.07, 6.45) is 10.0. The summed E-state index contributed by atoms with van der Waals surface area (Å²) < 4.78 is 0. The molecule has 0 nitrogen and oxygen atoms in total. The van der Waals surface area contributed by atoms with Gasteiger partial charge in [0.15, 0.2) is 0 Å². The summed E-state index contributed by atoms with van der Waals surface area (Å²) >= 11 is 0. The van der Waals surface area contributed by atoms with Crippen molar-refractivity contribution in [3.63, 3.8) is 0 Å². The van der Waals surface area contributed by atoms with Crippen LogP contribution in [0.3, 0.4) is 0 Å². The van der Waals surface area contributed by atoms with Crippen LogP contribution in [0.1, 0.15) is 0 Å². The number of rotatable bonds is 0. The van der Waals surface area contributed by atoms with E-state index in [0.717, 1.165) is 0 Å². The number of hydrogen-bond acceptors (Lipinski definition) is 0. The van der Waals surface area contributed by atoms with Gasteiger partial charge in [-0.1, -0.05) is 37.6 Å². The number of hydrogen-bond donors (Lipinski definition) is 0. The largest absolute Gasteiger partial charge is 0.317 e. The topological polar surface area (TPSA) is 0 Å². The molecular formula is C14H31MoP3-. The minimum absolute atomic E-state index is 0. The summed E-state index contributed by atoms with van der Waals surface area (Å²) in [5.74, 6) is 0. The van der Waals surface area contributed by atoms with Crippen LogP contribution in [0.5, 0.6) is 0 Å². The maximum absolute atomic E-state index is 3.70. The van der Waals surface area contributed by atoms with Crippen molar-refractivity contribution in [3.8, 4) is 0 Å². The van der Waals surface area contributed by atoms with Gasteiger partial charge in [0.05, 0.1) is 0 Å². The van der Waals surface area contributed by atoms with Crippen LogP contribution in [0, 0.1) is 13.1 Å². The molecule has 1 aliphatic rings. The van der Waals surface area contributed by atoms with Crippen molar-refractivity contribution < 1.29 is 21.1 Å². The standard InChI is InChI=1S/C5H5.2C3H9P.C3H8P.Mo/c1-2-4-5-3-1;3*1-4(2)3;/h1-5H;2*1-3H3;1H2,2-3H3;/q;;;-1;. The average molecular weight is 388 g/mol. The SMILES string of the molecule is CP(C)C.CP(C)C.[CH2-]P(C)C.[CH]1C=CC=C1.[Mo]. The minimum atomic E-state index is 0. The van der Waals surface area contributed by atoms with Crippen molar-refractivity contribution in [2.45, 2.75) is 0 Å². The van der Waals surface area contributed by atoms with E-state index in [1.165, 1.54) is 0 Å². The van der Waals surface area contributed by atoms with Crippen LogP contribution < -0.4 is 0 Å². The van der Waals surface area contributed by atoms with Crippen LogP contribution in [-0.2, 0) is 21.1 Å². The van der Waals surface area contributed by atoms with E-state index in [4.69, 9.17) is 0 Å². The Kier molecular flexibility index (Phi) is 36.3. The molecule has 0 unspecified atom stereocenters. The molecule has 0 saturated heterocycles. The Morgan fingerprint density at radius 1 is 0.611 bits per heavy atom. The third-order valence-electron chi connectivity index (χ3n) is 0.556. The van der Waals surface area contributed by atoms with E-state index < -0.39 is 0 Å². The molecule has 1 aliphatic carbocycles. The first-order chi connectivity index (χ1) is 7.70. The van der Waals surface area contributed by atoms with E-state index >= 15 is 0 Å². The summed E-state index contributed by atoms with van der Waals surface area (Å²) in [4.78, 5) is 0. The van der Waals surface area contributed by atoms with Crippen LogP contribution in [0.25, 0.3) is 0 Å². The summed E-state index contributed by atoms with van der Waals surface area (Å²) in [6.45, 7) is 21.3. The van der Waals surface area contributed by atoms with E-state index in [1.54, 1.807) is 0 Å². The summed E-state index contributed by atoms with van der Waals surface area (Å²) in [5.41, 5.74) is 0. The Hall–Kier alpha value is 1.46. The molecule has 0 aromatic heterocycles. The van der Waals surface area contributed by atoms with Crippen LogP contribution in [0.15, 0.2) is 24.3 Å². The van der Waals surface area contributed by atoms with E-state index in [-0.39, 0.29) is 29.0 Å². The fourth-order valence-electron chi connectivity index (χ4n) is 0.321. The Balaban J connectivity index is -0.0000000719. The third kappa shape index (κ3) is 113. The molecule has 0 aliphatic heterocycles. The first-order valence-electron chi connectivity index (χ1n) is 5.56. The van der Waals surface area contributed by atoms with Gasteiger partial charge in [0.2, 0.25) is 0 Å². The molecule has 1 rings (SSSR count). The molecule has 0 spiro atoms. The van der Waals surface area contributed by atoms with E-state index in [2.05, 4.69) is 60.0 Å². The van der Waals surface area contributed by atoms with Crippen molar-refractivity contribution in [3.05, 3.63) is 37.4 Å². The molecule has 4 heteroatoms. The quantitative estimate of drug-likeness (QED) is 0.290. The molecule has 0 aromatic rings. The van der Waals surface area contributed by atoms with Gasteiger partial charge in [0.1, 0.15) is 0 Å². The molecule has 0 amide bonds. The van der Waals surface area contributed by atoms with Crippen LogP contribution >= 0.6 is 23.8 Å². The fraction of sp³-hybridized carbons (Fsp3) is 0.571. The van der Waals surface area contributed by atoms with Crippen LogP contribution in [-0.4, -0.2) is 53.3 Å². The van der Waals surface area contributed by atoms with Gasteiger partial charge in [-0.15, -0.1) is 15.8 Å². The Bertz CT molecular complexity index is 143. The van der Waals surface area contributed by atoms with Crippen molar-refractivity contribution in [2.24, 2.45) is 0 Å². The first kappa shape index (κ1) is 27.7. The molecule has 18 heavy (non-hydrogen) atoms. The van der Waals surface area contributed by atoms with Gasteiger partial charge in [-0.3, -0.25) is 7.92 Å². The van der Waals surface area contributed by atoms with Gasteiger partial charge in [0.25, 0.3) is 0 Å². The molecule has 0 aromatic carbocycles. The predicted octanol–water partition coefficient (Wildman–Crippen LogP) is 5.55. The van der Waals surface area contributed by atoms with E-state index in [0.29, 0.717) is 15.8 Å². The normalized spacial score (nSPS) is 10.9. The Morgan fingerprint density at radius 2 is 0.778 bits per heavy atom. The van der Waals surface area contributed by atoms with Gasteiger partial charge in [-0.25, -0.2) is 0 Å². The van der Waals surface area contributed by atoms with Crippen molar-refractivity contribution in [2.75, 3.05) is 53.3 Å². The monoisotopic (exact) mass is 390 g/mol. The third-order valence-corrected chi connectivity index (χ3v) is 0.556. The molecular weight excluding hydrogens is 357 g/mol. The fourth-order valence-corrected chi connectivity index (χ4v) is 0.321. The summed E-state index contributed by atoms with van der Waals surface area (Å²) in [5, 5.41) is 0. The second-order valence-corrected chi connectivity index (χ2v) is 12.3. The smallest absolute Gasteiger partial charge is 0.00506 e. The van der Waals surface area contributed by atoms with Gasteiger partial charge in [-0.2, -0.15) is 0 Å². The molecule has 1 radical (unpaired) electrons. The second kappa shape index (κ2) is 23.5. The van der Waals surface area contributed by atoms with Crippen molar-refractivity contribution in [1.29, 1.82) is 0 Å². The van der Waals surface area contributed by atoms with Gasteiger partial charge in [-0.05, 0) is 40.0 Å². The van der Waals surface area contributed by atoms with Crippen molar-refractivity contribution in [1.82, 2.24) is 0 Å². The zero-order valence-corrected chi connectivity index (χ0v) is 18.0. The maximum Gasteiger partial charge on any atom is 0.00506 e. The second-order valence-electron chi connectivity index (χ2n) is 4.73. The Morgan fingerprint density at radius 3 is 0.833 bits per heavy atom. The Labute approximate surface area is 135 Å². The molecule has 0 N–H and O–H groups in total. The zero-order valence-electron chi connectivity index (χ0n) is 13.3. The zero-order chi connectivity index (χ0) is 14.3. The average Bonchev–Trinajstić information content (AvgIpc) is 2.53. The van der Waals surface area contributed by atoms with Gasteiger partial charge < -0.3 is 6.66 Å². The predicted molar refractivity (Wildman–Crippen MR) is 96.1 cm³/mol. The molecule has 0 fully saturated rings. The summed E-state index contributed by atoms with van der Waals surface area (Å²) in [7, 11) is 0.889. The molecule has 0 heterocycles. The van der Waals surface area contributed by atoms with E-state index in [1.807, 2.05) is 30.7 Å². The molecule has 0 atom stereocenters. The van der Waals surface area contributed by atoms with Crippen LogP contribution in [0.2, 0.25) is 0 Å². The van der Waals surface area contributed by atoms with Crippen molar-refractivity contribution >= 4 is 23.8 Å². The maximum atomic E-state index is 3.70. The van der Waals surface area contributed by atoms with E-state index in [9.17, 15) is 0 Å². The molecule has 109 valence electrons.